The fourth-order valence-corrected chi connectivity index (χ4v) is 4.81. The van der Waals surface area contributed by atoms with Crippen LogP contribution in [0.5, 0.6) is 0 Å². The molecule has 0 saturated carbocycles. The van der Waals surface area contributed by atoms with Gasteiger partial charge in [-0.15, -0.1) is 0 Å². The molecule has 0 spiro atoms. The van der Waals surface area contributed by atoms with Crippen LogP contribution < -0.4 is 0 Å². The topological polar surface area (TPSA) is 118 Å². The van der Waals surface area contributed by atoms with E-state index in [2.05, 4.69) is 0 Å². The highest BCUT2D eigenvalue weighted by molar-refractivity contribution is 6.49. The summed E-state index contributed by atoms with van der Waals surface area (Å²) >= 11 is 24.7. The molecule has 0 aromatic heterocycles. The second-order valence-electron chi connectivity index (χ2n) is 7.13. The average Bonchev–Trinajstić information content (AvgIpc) is 2.82. The third kappa shape index (κ3) is 4.06. The van der Waals surface area contributed by atoms with Crippen molar-refractivity contribution in [2.75, 3.05) is 0 Å². The van der Waals surface area contributed by atoms with E-state index in [1.54, 1.807) is 12.1 Å². The van der Waals surface area contributed by atoms with Crippen molar-refractivity contribution in [2.45, 2.75) is 0 Å². The van der Waals surface area contributed by atoms with Gasteiger partial charge in [0.15, 0.2) is 0 Å². The monoisotopic (exact) mass is 550 g/mol. The van der Waals surface area contributed by atoms with E-state index in [0.717, 1.165) is 0 Å². The Bertz CT molecular complexity index is 1490. The summed E-state index contributed by atoms with van der Waals surface area (Å²) in [6.07, 6.45) is 0. The van der Waals surface area contributed by atoms with Gasteiger partial charge in [0, 0.05) is 10.8 Å². The molecule has 11 heteroatoms. The van der Waals surface area contributed by atoms with Gasteiger partial charge in [-0.2, -0.15) is 0 Å². The van der Waals surface area contributed by atoms with Gasteiger partial charge in [-0.1, -0.05) is 94.9 Å². The van der Waals surface area contributed by atoms with E-state index in [1.165, 1.54) is 36.4 Å². The van der Waals surface area contributed by atoms with Gasteiger partial charge in [0.2, 0.25) is 0 Å². The Morgan fingerprint density at radius 3 is 1.14 bits per heavy atom. The van der Waals surface area contributed by atoms with Crippen LogP contribution in [0.2, 0.25) is 20.1 Å². The Kier molecular flexibility index (Phi) is 6.62. The molecule has 0 aliphatic rings. The number of benzene rings is 4. The van der Waals surface area contributed by atoms with Crippen LogP contribution in [0.25, 0.3) is 21.5 Å². The Morgan fingerprint density at radius 1 is 0.514 bits per heavy atom. The maximum absolute atomic E-state index is 13.2. The zero-order chi connectivity index (χ0) is 25.6. The van der Waals surface area contributed by atoms with Gasteiger partial charge >= 0.3 is 23.9 Å². The smallest absolute Gasteiger partial charge is 0.347 e. The average molecular weight is 552 g/mol. The summed E-state index contributed by atoms with van der Waals surface area (Å²) in [4.78, 5) is 50.3. The lowest BCUT2D eigenvalue weighted by Gasteiger charge is -2.15. The predicted octanol–water partition coefficient (Wildman–Crippen LogP) is 7.00. The molecule has 0 atom stereocenters. The number of carboxylic acids is 2. The highest BCUT2D eigenvalue weighted by Crippen LogP contribution is 2.40. The van der Waals surface area contributed by atoms with Gasteiger partial charge in [0.1, 0.15) is 0 Å². The van der Waals surface area contributed by atoms with E-state index in [4.69, 9.17) is 51.1 Å². The van der Waals surface area contributed by atoms with Crippen LogP contribution in [0.1, 0.15) is 41.4 Å². The van der Waals surface area contributed by atoms with Gasteiger partial charge < -0.3 is 14.9 Å². The molecule has 0 fully saturated rings. The number of hydrogen-bond acceptors (Lipinski definition) is 5. The first-order valence-corrected chi connectivity index (χ1v) is 11.1. The number of esters is 2. The molecule has 4 aromatic carbocycles. The number of ether oxygens (including phenoxy) is 1. The number of hydrogen-bond donors (Lipinski definition) is 2. The number of rotatable bonds is 4. The maximum Gasteiger partial charge on any atom is 0.347 e. The Labute approximate surface area is 216 Å². The first-order chi connectivity index (χ1) is 16.6. The van der Waals surface area contributed by atoms with Crippen molar-refractivity contribution >= 4 is 91.8 Å². The van der Waals surface area contributed by atoms with Crippen molar-refractivity contribution in [1.82, 2.24) is 0 Å². The molecule has 0 bridgehead atoms. The molecule has 0 heterocycles. The molecule has 0 aliphatic carbocycles. The first kappa shape index (κ1) is 24.8. The van der Waals surface area contributed by atoms with Crippen molar-refractivity contribution < 1.29 is 34.1 Å². The minimum absolute atomic E-state index is 0.0644. The highest BCUT2D eigenvalue weighted by atomic mass is 35.5. The van der Waals surface area contributed by atoms with Crippen LogP contribution in [0.15, 0.2) is 48.5 Å². The van der Waals surface area contributed by atoms with Crippen molar-refractivity contribution in [3.8, 4) is 0 Å². The summed E-state index contributed by atoms with van der Waals surface area (Å²) in [7, 11) is 0. The molecular formula is C24H10Cl4O7. The number of carboxylic acid groups (broad SMARTS) is 2. The number of carbonyl (C=O) groups excluding carboxylic acids is 2. The summed E-state index contributed by atoms with van der Waals surface area (Å²) in [5.41, 5.74) is -2.41. The van der Waals surface area contributed by atoms with Crippen LogP contribution in [0.4, 0.5) is 0 Å². The number of carbonyl (C=O) groups is 4. The molecular weight excluding hydrogens is 542 g/mol. The van der Waals surface area contributed by atoms with Crippen molar-refractivity contribution in [3.05, 3.63) is 90.9 Å². The minimum atomic E-state index is -1.59. The fraction of sp³-hybridized carbons (Fsp3) is 0. The van der Waals surface area contributed by atoms with Gasteiger partial charge in [0.05, 0.1) is 42.3 Å². The van der Waals surface area contributed by atoms with Crippen LogP contribution in [0, 0.1) is 0 Å². The lowest BCUT2D eigenvalue weighted by molar-refractivity contribution is 0.0389. The zero-order valence-electron chi connectivity index (χ0n) is 17.1. The van der Waals surface area contributed by atoms with E-state index in [9.17, 15) is 29.4 Å². The van der Waals surface area contributed by atoms with Gasteiger partial charge in [-0.25, -0.2) is 19.2 Å². The molecule has 0 unspecified atom stereocenters. The predicted molar refractivity (Wildman–Crippen MR) is 132 cm³/mol. The lowest BCUT2D eigenvalue weighted by atomic mass is 9.97. The molecule has 7 nitrogen and oxygen atoms in total. The summed E-state index contributed by atoms with van der Waals surface area (Å²) in [5, 5.41) is 19.0. The normalized spacial score (nSPS) is 11.0. The van der Waals surface area contributed by atoms with E-state index >= 15 is 0 Å². The van der Waals surface area contributed by atoms with Crippen molar-refractivity contribution in [3.63, 3.8) is 0 Å². The van der Waals surface area contributed by atoms with Gasteiger partial charge in [0.25, 0.3) is 0 Å². The Hall–Kier alpha value is -3.36. The minimum Gasteiger partial charge on any atom is -0.478 e. The van der Waals surface area contributed by atoms with E-state index < -0.39 is 56.2 Å². The maximum atomic E-state index is 13.2. The number of halogens is 4. The van der Waals surface area contributed by atoms with E-state index in [1.807, 2.05) is 0 Å². The van der Waals surface area contributed by atoms with E-state index in [-0.39, 0.29) is 31.6 Å². The second-order valence-corrected chi connectivity index (χ2v) is 8.65. The molecule has 2 N–H and O–H groups in total. The molecule has 4 rings (SSSR count). The van der Waals surface area contributed by atoms with E-state index in [0.29, 0.717) is 0 Å². The number of aromatic carboxylic acids is 2. The van der Waals surface area contributed by atoms with Crippen LogP contribution in [0.3, 0.4) is 0 Å². The quantitative estimate of drug-likeness (QED) is 0.207. The second kappa shape index (κ2) is 9.36. The molecule has 4 aromatic rings. The highest BCUT2D eigenvalue weighted by Gasteiger charge is 2.32. The lowest BCUT2D eigenvalue weighted by Crippen LogP contribution is -2.20. The Morgan fingerprint density at radius 2 is 0.829 bits per heavy atom. The summed E-state index contributed by atoms with van der Waals surface area (Å²) in [6, 6.07) is 12.0. The molecule has 0 amide bonds. The fourth-order valence-electron chi connectivity index (χ4n) is 3.74. The zero-order valence-corrected chi connectivity index (χ0v) is 20.1. The van der Waals surface area contributed by atoms with Crippen molar-refractivity contribution in [2.24, 2.45) is 0 Å². The number of fused-ring (bicyclic) bond motifs is 2. The molecule has 0 aliphatic heterocycles. The van der Waals surface area contributed by atoms with Gasteiger partial charge in [-0.3, -0.25) is 0 Å². The summed E-state index contributed by atoms with van der Waals surface area (Å²) in [5.74, 6) is -5.94. The first-order valence-electron chi connectivity index (χ1n) is 9.58. The molecule has 176 valence electrons. The third-order valence-corrected chi connectivity index (χ3v) is 6.95. The van der Waals surface area contributed by atoms with Crippen LogP contribution in [-0.4, -0.2) is 34.1 Å². The SMILES string of the molecule is O=C(O)c1c(Cl)c(Cl)c2ccccc2c1C(=O)OC(=O)c1c(C(=O)O)c(Cl)c(Cl)c2ccccc12. The largest absolute Gasteiger partial charge is 0.478 e. The molecule has 35 heavy (non-hydrogen) atoms. The van der Waals surface area contributed by atoms with Gasteiger partial charge in [-0.05, 0) is 10.8 Å². The molecule has 0 saturated heterocycles. The van der Waals surface area contributed by atoms with Crippen LogP contribution in [-0.2, 0) is 4.74 Å². The third-order valence-electron chi connectivity index (χ3n) is 5.21. The van der Waals surface area contributed by atoms with Crippen molar-refractivity contribution in [1.29, 1.82) is 0 Å². The Balaban J connectivity index is 1.94. The van der Waals surface area contributed by atoms with Crippen LogP contribution >= 0.6 is 46.4 Å². The standard InChI is InChI=1S/C24H10Cl4O7/c25-17-11-7-3-1-5-9(11)13(15(19(17)27)21(29)30)23(33)35-24(34)14-10-6-2-4-8-12(10)18(26)20(28)16(14)22(31)32/h1-8H,(H,29,30)(H,31,32). The summed E-state index contributed by atoms with van der Waals surface area (Å²) < 4.78 is 5.00. The summed E-state index contributed by atoms with van der Waals surface area (Å²) in [6.45, 7) is 0. The molecule has 0 radical (unpaired) electrons.